The molecule has 39 heavy (non-hydrogen) atoms. The summed E-state index contributed by atoms with van der Waals surface area (Å²) in [4.78, 5) is 2.62. The third kappa shape index (κ3) is 6.82. The fraction of sp³-hybridized carbons (Fsp3) is 0.889. The fourth-order valence-corrected chi connectivity index (χ4v) is 6.81. The molecule has 11 nitrogen and oxygen atoms in total. The lowest BCUT2D eigenvalue weighted by Crippen LogP contribution is -2.58. The standard InChI is InChI=1S/C27H52N8O3S/c1-27(2,3)39(4,5)38-18-22-21(17-29-35(22)23-7-6-14-37-23)24-31-25(26(32-24)33-28)30-19-8-10-20(11-9-19)34-12-15-36-16-13-34/h17,19-20,23-26,30-33H,6-16,18,28H2,1-5H3. The Bertz CT molecular complexity index is 921. The molecule has 12 heteroatoms. The van der Waals surface area contributed by atoms with Crippen molar-refractivity contribution in [2.45, 2.75) is 107 Å². The summed E-state index contributed by atoms with van der Waals surface area (Å²) in [6.45, 7) is 11.9. The van der Waals surface area contributed by atoms with Crippen molar-refractivity contribution < 1.29 is 13.7 Å². The van der Waals surface area contributed by atoms with Gasteiger partial charge in [0.25, 0.3) is 0 Å². The molecular weight excluding hydrogens is 516 g/mol. The zero-order valence-electron chi connectivity index (χ0n) is 24.6. The molecule has 1 aromatic heterocycles. The zero-order chi connectivity index (χ0) is 27.6. The summed E-state index contributed by atoms with van der Waals surface area (Å²) in [6.07, 6.45) is 13.0. The van der Waals surface area contributed by atoms with E-state index in [9.17, 15) is 0 Å². The molecule has 4 fully saturated rings. The van der Waals surface area contributed by atoms with Crippen molar-refractivity contribution in [1.82, 2.24) is 36.1 Å². The maximum Gasteiger partial charge on any atom is 0.150 e. The number of nitrogens with one attached hydrogen (secondary N) is 4. The van der Waals surface area contributed by atoms with Gasteiger partial charge in [-0.3, -0.25) is 26.7 Å². The number of nitrogens with zero attached hydrogens (tertiary/aromatic N) is 3. The van der Waals surface area contributed by atoms with Crippen LogP contribution < -0.4 is 27.2 Å². The number of aromatic nitrogens is 2. The normalized spacial score (nSPS) is 33.6. The minimum atomic E-state index is -1.29. The molecule has 6 N–H and O–H groups in total. The van der Waals surface area contributed by atoms with Gasteiger partial charge < -0.3 is 13.7 Å². The first-order valence-corrected chi connectivity index (χ1v) is 17.1. The monoisotopic (exact) mass is 568 g/mol. The van der Waals surface area contributed by atoms with Gasteiger partial charge >= 0.3 is 0 Å². The second-order valence-corrected chi connectivity index (χ2v) is 16.7. The fourth-order valence-electron chi connectivity index (χ4n) is 6.05. The van der Waals surface area contributed by atoms with E-state index in [0.29, 0.717) is 18.7 Å². The molecular formula is C27H52N8O3S. The van der Waals surface area contributed by atoms with Crippen LogP contribution in [0.25, 0.3) is 0 Å². The molecule has 0 amide bonds. The molecule has 0 spiro atoms. The van der Waals surface area contributed by atoms with E-state index in [1.165, 1.54) is 25.7 Å². The van der Waals surface area contributed by atoms with Crippen LogP contribution in [0.15, 0.2) is 6.20 Å². The van der Waals surface area contributed by atoms with E-state index < -0.39 is 10.3 Å². The van der Waals surface area contributed by atoms with Gasteiger partial charge in [0.15, 0.2) is 6.23 Å². The van der Waals surface area contributed by atoms with Gasteiger partial charge in [-0.15, -0.1) is 10.3 Å². The Hall–Kier alpha value is -0.800. The predicted octanol–water partition coefficient (Wildman–Crippen LogP) is 2.03. The molecule has 4 unspecified atom stereocenters. The Kier molecular flexibility index (Phi) is 9.59. The van der Waals surface area contributed by atoms with Gasteiger partial charge in [0.05, 0.1) is 37.4 Å². The maximum absolute atomic E-state index is 6.64. The van der Waals surface area contributed by atoms with Gasteiger partial charge in [-0.25, -0.2) is 10.1 Å². The van der Waals surface area contributed by atoms with Gasteiger partial charge in [-0.1, -0.05) is 20.8 Å². The highest BCUT2D eigenvalue weighted by atomic mass is 32.3. The average Bonchev–Trinajstić information content (AvgIpc) is 3.67. The highest BCUT2D eigenvalue weighted by Gasteiger charge is 2.39. The van der Waals surface area contributed by atoms with Gasteiger partial charge in [-0.2, -0.15) is 5.10 Å². The largest absolute Gasteiger partial charge is 0.379 e. The smallest absolute Gasteiger partial charge is 0.150 e. The van der Waals surface area contributed by atoms with E-state index in [1.807, 2.05) is 10.9 Å². The molecule has 1 aliphatic carbocycles. The zero-order valence-corrected chi connectivity index (χ0v) is 25.4. The summed E-state index contributed by atoms with van der Waals surface area (Å²) in [7, 11) is -1.29. The Labute approximate surface area is 236 Å². The summed E-state index contributed by atoms with van der Waals surface area (Å²) >= 11 is 0. The third-order valence-corrected chi connectivity index (χ3v) is 12.9. The van der Waals surface area contributed by atoms with Gasteiger partial charge in [0.1, 0.15) is 12.8 Å². The van der Waals surface area contributed by atoms with Crippen LogP contribution in [0, 0.1) is 0 Å². The molecule has 0 radical (unpaired) electrons. The first kappa shape index (κ1) is 29.7. The summed E-state index contributed by atoms with van der Waals surface area (Å²) in [6, 6.07) is 1.15. The Balaban J connectivity index is 1.25. The van der Waals surface area contributed by atoms with Crippen molar-refractivity contribution in [3.05, 3.63) is 17.5 Å². The lowest BCUT2D eigenvalue weighted by molar-refractivity contribution is 0.00609. The van der Waals surface area contributed by atoms with Crippen LogP contribution in [-0.4, -0.2) is 89.3 Å². The number of hydrogen-bond donors (Lipinski definition) is 5. The molecule has 0 aromatic carbocycles. The van der Waals surface area contributed by atoms with E-state index in [4.69, 9.17) is 24.6 Å². The lowest BCUT2D eigenvalue weighted by atomic mass is 9.89. The first-order valence-electron chi connectivity index (χ1n) is 14.8. The van der Waals surface area contributed by atoms with E-state index in [2.05, 4.69) is 59.6 Å². The van der Waals surface area contributed by atoms with Crippen molar-refractivity contribution in [2.24, 2.45) is 5.84 Å². The number of morpholine rings is 1. The van der Waals surface area contributed by atoms with Crippen molar-refractivity contribution in [2.75, 3.05) is 45.4 Å². The highest BCUT2D eigenvalue weighted by molar-refractivity contribution is 8.29. The second-order valence-electron chi connectivity index (χ2n) is 12.8. The number of hydrogen-bond acceptors (Lipinski definition) is 10. The molecule has 4 atom stereocenters. The Morgan fingerprint density at radius 1 is 1.08 bits per heavy atom. The number of rotatable bonds is 9. The predicted molar refractivity (Wildman–Crippen MR) is 156 cm³/mol. The van der Waals surface area contributed by atoms with Gasteiger partial charge in [-0.05, 0) is 51.0 Å². The average molecular weight is 569 g/mol. The molecule has 224 valence electrons. The van der Waals surface area contributed by atoms with E-state index in [-0.39, 0.29) is 29.5 Å². The van der Waals surface area contributed by atoms with Gasteiger partial charge in [0.2, 0.25) is 0 Å². The third-order valence-electron chi connectivity index (χ3n) is 9.26. The SMILES string of the molecule is CC(C)(C)S(C)(C)OCc1c(C2NC(NN)C(NC3CCC(N4CCOCC4)CC3)N2)cnn1C1CCCO1. The lowest BCUT2D eigenvalue weighted by Gasteiger charge is -2.43. The summed E-state index contributed by atoms with van der Waals surface area (Å²) in [5.41, 5.74) is 5.15. The van der Waals surface area contributed by atoms with Crippen LogP contribution in [-0.2, 0) is 20.3 Å². The van der Waals surface area contributed by atoms with Crippen LogP contribution in [0.3, 0.4) is 0 Å². The van der Waals surface area contributed by atoms with E-state index in [1.54, 1.807) is 0 Å². The minimum Gasteiger partial charge on any atom is -0.379 e. The van der Waals surface area contributed by atoms with Crippen LogP contribution in [0.1, 0.15) is 82.9 Å². The topological polar surface area (TPSA) is 123 Å². The molecule has 1 aromatic rings. The second kappa shape index (κ2) is 12.6. The molecule has 4 aliphatic rings. The van der Waals surface area contributed by atoms with Crippen LogP contribution in [0.4, 0.5) is 0 Å². The van der Waals surface area contributed by atoms with Crippen LogP contribution in [0.5, 0.6) is 0 Å². The molecule has 1 saturated carbocycles. The van der Waals surface area contributed by atoms with Crippen molar-refractivity contribution in [3.8, 4) is 0 Å². The quantitative estimate of drug-likeness (QED) is 0.223. The van der Waals surface area contributed by atoms with E-state index in [0.717, 1.165) is 57.0 Å². The first-order chi connectivity index (χ1) is 18.7. The van der Waals surface area contributed by atoms with Crippen LogP contribution >= 0.6 is 10.3 Å². The van der Waals surface area contributed by atoms with Crippen LogP contribution in [0.2, 0.25) is 0 Å². The summed E-state index contributed by atoms with van der Waals surface area (Å²) in [5, 5.41) is 16.1. The summed E-state index contributed by atoms with van der Waals surface area (Å²) in [5.74, 6) is 6.02. The molecule has 5 rings (SSSR count). The maximum atomic E-state index is 6.64. The number of ether oxygens (including phenoxy) is 2. The van der Waals surface area contributed by atoms with Crippen molar-refractivity contribution in [1.29, 1.82) is 0 Å². The summed E-state index contributed by atoms with van der Waals surface area (Å²) < 4.78 is 20.3. The molecule has 3 saturated heterocycles. The van der Waals surface area contributed by atoms with Crippen molar-refractivity contribution >= 4 is 10.3 Å². The Morgan fingerprint density at radius 2 is 1.79 bits per heavy atom. The molecule has 0 bridgehead atoms. The molecule has 4 heterocycles. The highest BCUT2D eigenvalue weighted by Crippen LogP contribution is 2.54. The van der Waals surface area contributed by atoms with Crippen molar-refractivity contribution in [3.63, 3.8) is 0 Å². The van der Waals surface area contributed by atoms with Gasteiger partial charge in [0, 0.05) is 42.1 Å². The molecule has 3 aliphatic heterocycles. The minimum absolute atomic E-state index is 0.00132. The van der Waals surface area contributed by atoms with E-state index >= 15 is 0 Å². The number of hydrazine groups is 1. The number of nitrogens with two attached hydrogens (primary N) is 1. The Morgan fingerprint density at radius 3 is 2.44 bits per heavy atom.